The molecule has 4 aromatic rings. The SMILES string of the molecule is CCOc1ccc2c(c1)N(C(C)C)C1CCCCCC(C)CC(C)N3c4ccc(OCn5nncc5-c5ccccc5)cc4N(C(C)CCC(C)N21)C3C. The van der Waals surface area contributed by atoms with Crippen LogP contribution >= 0.6 is 0 Å². The zero-order valence-corrected chi connectivity index (χ0v) is 34.0. The molecule has 1 fully saturated rings. The highest BCUT2D eigenvalue weighted by atomic mass is 16.5. The molecule has 9 nitrogen and oxygen atoms in total. The summed E-state index contributed by atoms with van der Waals surface area (Å²) in [6.07, 6.45) is 12.0. The van der Waals surface area contributed by atoms with Gasteiger partial charge >= 0.3 is 0 Å². The Labute approximate surface area is 324 Å². The molecule has 0 saturated carbocycles. The minimum Gasteiger partial charge on any atom is -0.494 e. The van der Waals surface area contributed by atoms with Crippen LogP contribution in [-0.4, -0.2) is 58.1 Å². The molecular weight excluding hydrogens is 671 g/mol. The van der Waals surface area contributed by atoms with Crippen LogP contribution in [0, 0.1) is 5.92 Å². The van der Waals surface area contributed by atoms with E-state index in [9.17, 15) is 0 Å². The highest BCUT2D eigenvalue weighted by molar-refractivity contribution is 5.81. The predicted molar refractivity (Wildman–Crippen MR) is 223 cm³/mol. The third-order valence-corrected chi connectivity index (χ3v) is 12.2. The quantitative estimate of drug-likeness (QED) is 0.186. The Kier molecular flexibility index (Phi) is 11.6. The van der Waals surface area contributed by atoms with Crippen molar-refractivity contribution in [2.45, 2.75) is 150 Å². The number of benzene rings is 3. The van der Waals surface area contributed by atoms with Gasteiger partial charge in [0.05, 0.1) is 47.4 Å². The van der Waals surface area contributed by atoms with E-state index in [1.54, 1.807) is 6.20 Å². The summed E-state index contributed by atoms with van der Waals surface area (Å²) in [6, 6.07) is 25.3. The molecule has 0 spiro atoms. The van der Waals surface area contributed by atoms with Crippen molar-refractivity contribution in [3.63, 3.8) is 0 Å². The Morgan fingerprint density at radius 2 is 1.33 bits per heavy atom. The van der Waals surface area contributed by atoms with Crippen LogP contribution in [0.3, 0.4) is 0 Å². The minimum atomic E-state index is 0.243. The molecule has 3 aliphatic rings. The molecule has 7 rings (SSSR count). The zero-order valence-electron chi connectivity index (χ0n) is 34.0. The second kappa shape index (κ2) is 16.5. The topological polar surface area (TPSA) is 62.1 Å². The first-order valence-corrected chi connectivity index (χ1v) is 20.8. The average molecular weight is 734 g/mol. The van der Waals surface area contributed by atoms with Crippen LogP contribution in [0.25, 0.3) is 11.3 Å². The summed E-state index contributed by atoms with van der Waals surface area (Å²) in [5, 5.41) is 8.55. The number of anilines is 4. The van der Waals surface area contributed by atoms with Crippen LogP contribution in [0.4, 0.5) is 22.7 Å². The molecule has 0 amide bonds. The maximum atomic E-state index is 6.47. The van der Waals surface area contributed by atoms with E-state index < -0.39 is 0 Å². The van der Waals surface area contributed by atoms with Crippen molar-refractivity contribution in [2.75, 3.05) is 26.2 Å². The molecule has 0 N–H and O–H groups in total. The van der Waals surface area contributed by atoms with E-state index >= 15 is 0 Å². The molecule has 6 unspecified atom stereocenters. The molecule has 3 aliphatic heterocycles. The summed E-state index contributed by atoms with van der Waals surface area (Å²) < 4.78 is 14.3. The number of hydrogen-bond acceptors (Lipinski definition) is 8. The first kappa shape index (κ1) is 37.9. The van der Waals surface area contributed by atoms with Crippen molar-refractivity contribution in [1.29, 1.82) is 0 Å². The van der Waals surface area contributed by atoms with E-state index in [0.717, 1.165) is 35.6 Å². The summed E-state index contributed by atoms with van der Waals surface area (Å²) >= 11 is 0. The Balaban J connectivity index is 1.17. The van der Waals surface area contributed by atoms with Gasteiger partial charge in [-0.25, -0.2) is 4.68 Å². The predicted octanol–water partition coefficient (Wildman–Crippen LogP) is 10.3. The zero-order chi connectivity index (χ0) is 37.9. The highest BCUT2D eigenvalue weighted by Gasteiger charge is 2.41. The number of ether oxygens (including phenoxy) is 2. The molecule has 4 heterocycles. The third kappa shape index (κ3) is 7.60. The van der Waals surface area contributed by atoms with E-state index in [0.29, 0.717) is 49.6 Å². The normalized spacial score (nSPS) is 25.0. The van der Waals surface area contributed by atoms with E-state index in [-0.39, 0.29) is 6.17 Å². The molecule has 3 aromatic carbocycles. The summed E-state index contributed by atoms with van der Waals surface area (Å²) in [4.78, 5) is 10.8. The lowest BCUT2D eigenvalue weighted by atomic mass is 9.95. The van der Waals surface area contributed by atoms with Gasteiger partial charge < -0.3 is 29.1 Å². The average Bonchev–Trinajstić information content (AvgIpc) is 3.84. The fourth-order valence-electron chi connectivity index (χ4n) is 9.73. The molecule has 54 heavy (non-hydrogen) atoms. The van der Waals surface area contributed by atoms with Gasteiger partial charge in [-0.3, -0.25) is 0 Å². The van der Waals surface area contributed by atoms with Crippen molar-refractivity contribution < 1.29 is 9.47 Å². The van der Waals surface area contributed by atoms with Crippen LogP contribution in [0.1, 0.15) is 107 Å². The summed E-state index contributed by atoms with van der Waals surface area (Å²) in [7, 11) is 0. The third-order valence-electron chi connectivity index (χ3n) is 12.2. The summed E-state index contributed by atoms with van der Waals surface area (Å²) in [6.45, 7) is 19.9. The van der Waals surface area contributed by atoms with Crippen molar-refractivity contribution in [3.8, 4) is 22.8 Å². The molecule has 0 aliphatic carbocycles. The van der Waals surface area contributed by atoms with Crippen molar-refractivity contribution >= 4 is 22.7 Å². The highest BCUT2D eigenvalue weighted by Crippen LogP contribution is 2.48. The van der Waals surface area contributed by atoms with Gasteiger partial charge in [-0.05, 0) is 111 Å². The van der Waals surface area contributed by atoms with Gasteiger partial charge in [0.15, 0.2) is 6.73 Å². The van der Waals surface area contributed by atoms with Gasteiger partial charge in [0.1, 0.15) is 17.7 Å². The van der Waals surface area contributed by atoms with Crippen LogP contribution in [0.5, 0.6) is 11.5 Å². The number of aromatic nitrogens is 3. The number of rotatable bonds is 7. The van der Waals surface area contributed by atoms with Crippen LogP contribution in [0.2, 0.25) is 0 Å². The van der Waals surface area contributed by atoms with Crippen molar-refractivity contribution in [3.05, 3.63) is 72.9 Å². The first-order chi connectivity index (χ1) is 26.2. The van der Waals surface area contributed by atoms with E-state index in [1.807, 2.05) is 22.9 Å². The lowest BCUT2D eigenvalue weighted by molar-refractivity contribution is 0.220. The fraction of sp³-hybridized carbons (Fsp3) is 0.556. The van der Waals surface area contributed by atoms with Crippen molar-refractivity contribution in [2.24, 2.45) is 5.92 Å². The minimum absolute atomic E-state index is 0.243. The summed E-state index contributed by atoms with van der Waals surface area (Å²) in [5.74, 6) is 2.48. The molecule has 0 radical (unpaired) electrons. The second-order valence-corrected chi connectivity index (χ2v) is 16.4. The lowest BCUT2D eigenvalue weighted by Gasteiger charge is -2.40. The Morgan fingerprint density at radius 1 is 0.685 bits per heavy atom. The number of nitrogens with zero attached hydrogens (tertiary/aromatic N) is 7. The Bertz CT molecular complexity index is 1830. The standard InChI is InChI=1S/C45H63N7O2/c1-9-53-38-22-25-41-42(27-38)49(31(2)3)45-19-15-10-12-16-32(4)26-35(7)51-36(8)50(33(5)20-21-34(6)52(41)45)43-28-39(23-24-40(43)51)54-30-48-44(29-46-47-48)37-17-13-11-14-18-37/h11,13-14,17-18,22-25,27-29,31-36,45H,9-10,12,15-16,19-21,26,30H2,1-8H3. The first-order valence-electron chi connectivity index (χ1n) is 20.8. The van der Waals surface area contributed by atoms with Crippen LogP contribution in [-0.2, 0) is 6.73 Å². The summed E-state index contributed by atoms with van der Waals surface area (Å²) in [5.41, 5.74) is 7.27. The van der Waals surface area contributed by atoms with Gasteiger partial charge in [0.25, 0.3) is 0 Å². The van der Waals surface area contributed by atoms with Gasteiger partial charge in [-0.2, -0.15) is 0 Å². The second-order valence-electron chi connectivity index (χ2n) is 16.4. The van der Waals surface area contributed by atoms with E-state index in [4.69, 9.17) is 9.47 Å². The molecule has 290 valence electrons. The lowest BCUT2D eigenvalue weighted by Crippen LogP contribution is -2.51. The fourth-order valence-corrected chi connectivity index (χ4v) is 9.73. The van der Waals surface area contributed by atoms with Crippen LogP contribution < -0.4 is 29.1 Å². The molecule has 9 heteroatoms. The smallest absolute Gasteiger partial charge is 0.183 e. The number of fused-ring (bicyclic) bond motifs is 8. The van der Waals surface area contributed by atoms with E-state index in [2.05, 4.69) is 134 Å². The molecular formula is C45H63N7O2. The van der Waals surface area contributed by atoms with Gasteiger partial charge in [0.2, 0.25) is 0 Å². The van der Waals surface area contributed by atoms with Gasteiger partial charge in [0, 0.05) is 41.9 Å². The molecule has 2 bridgehead atoms. The molecule has 1 aromatic heterocycles. The Hall–Kier alpha value is -4.40. The maximum absolute atomic E-state index is 6.47. The number of hydrogen-bond donors (Lipinski definition) is 0. The monoisotopic (exact) mass is 734 g/mol. The Morgan fingerprint density at radius 3 is 2.06 bits per heavy atom. The largest absolute Gasteiger partial charge is 0.494 e. The van der Waals surface area contributed by atoms with Crippen LogP contribution in [0.15, 0.2) is 72.9 Å². The maximum Gasteiger partial charge on any atom is 0.183 e. The van der Waals surface area contributed by atoms with Crippen molar-refractivity contribution in [1.82, 2.24) is 15.0 Å². The van der Waals surface area contributed by atoms with E-state index in [1.165, 1.54) is 61.3 Å². The van der Waals surface area contributed by atoms with Gasteiger partial charge in [-0.1, -0.05) is 61.7 Å². The molecule has 1 saturated heterocycles. The molecule has 6 atom stereocenters. The van der Waals surface area contributed by atoms with Gasteiger partial charge in [-0.15, -0.1) is 5.10 Å².